The van der Waals surface area contributed by atoms with E-state index < -0.39 is 10.0 Å². The molecule has 1 amide bonds. The van der Waals surface area contributed by atoms with E-state index in [1.165, 1.54) is 4.31 Å². The first kappa shape index (κ1) is 22.9. The Bertz CT molecular complexity index is 618. The van der Waals surface area contributed by atoms with Gasteiger partial charge < -0.3 is 10.6 Å². The molecule has 0 radical (unpaired) electrons. The van der Waals surface area contributed by atoms with Crippen LogP contribution in [0.3, 0.4) is 0 Å². The molecular formula is C16H28ClN3O3S. The van der Waals surface area contributed by atoms with Crippen LogP contribution in [-0.4, -0.2) is 45.3 Å². The standard InChI is InChI=1S/C16H27N3O3S.ClH/c1-12(2)19(5)23(21,22)15-8-6-14(7-9-15)11-18-16(20)13(3)10-17-4;/h6-9,12-13,17H,10-11H2,1-5H3,(H,18,20);1H. The number of carbonyl (C=O) groups excluding carboxylic acids is 1. The number of sulfonamides is 1. The van der Waals surface area contributed by atoms with Crippen LogP contribution in [-0.2, 0) is 21.4 Å². The van der Waals surface area contributed by atoms with Crippen LogP contribution >= 0.6 is 12.4 Å². The molecule has 2 N–H and O–H groups in total. The first-order valence-electron chi connectivity index (χ1n) is 7.69. The smallest absolute Gasteiger partial charge is 0.243 e. The zero-order valence-electron chi connectivity index (χ0n) is 14.9. The molecule has 0 heterocycles. The minimum atomic E-state index is -3.47. The third kappa shape index (κ3) is 6.05. The number of hydrogen-bond donors (Lipinski definition) is 2. The Balaban J connectivity index is 0.00000529. The molecule has 1 rings (SSSR count). The highest BCUT2D eigenvalue weighted by atomic mass is 35.5. The van der Waals surface area contributed by atoms with Crippen molar-refractivity contribution < 1.29 is 13.2 Å². The summed E-state index contributed by atoms with van der Waals surface area (Å²) in [5.41, 5.74) is 0.862. The average molecular weight is 378 g/mol. The van der Waals surface area contributed by atoms with Crippen LogP contribution in [0.1, 0.15) is 26.3 Å². The van der Waals surface area contributed by atoms with Crippen LogP contribution in [0, 0.1) is 5.92 Å². The summed E-state index contributed by atoms with van der Waals surface area (Å²) in [5, 5.41) is 5.80. The Morgan fingerprint density at radius 3 is 2.17 bits per heavy atom. The summed E-state index contributed by atoms with van der Waals surface area (Å²) >= 11 is 0. The van der Waals surface area contributed by atoms with E-state index in [-0.39, 0.29) is 35.2 Å². The lowest BCUT2D eigenvalue weighted by atomic mass is 10.1. The van der Waals surface area contributed by atoms with Crippen molar-refractivity contribution in [2.75, 3.05) is 20.6 Å². The van der Waals surface area contributed by atoms with Crippen molar-refractivity contribution in [2.24, 2.45) is 5.92 Å². The highest BCUT2D eigenvalue weighted by molar-refractivity contribution is 7.89. The van der Waals surface area contributed by atoms with Gasteiger partial charge in [-0.15, -0.1) is 12.4 Å². The zero-order chi connectivity index (χ0) is 17.6. The number of rotatable bonds is 8. The van der Waals surface area contributed by atoms with Gasteiger partial charge in [0.2, 0.25) is 15.9 Å². The number of halogens is 1. The molecule has 0 aliphatic carbocycles. The Morgan fingerprint density at radius 1 is 1.17 bits per heavy atom. The van der Waals surface area contributed by atoms with Crippen LogP contribution in [0.2, 0.25) is 0 Å². The highest BCUT2D eigenvalue weighted by Crippen LogP contribution is 2.17. The molecule has 8 heteroatoms. The second-order valence-corrected chi connectivity index (χ2v) is 7.93. The van der Waals surface area contributed by atoms with Crippen molar-refractivity contribution >= 4 is 28.3 Å². The Labute approximate surface area is 151 Å². The van der Waals surface area contributed by atoms with E-state index in [1.54, 1.807) is 38.4 Å². The molecule has 0 aliphatic rings. The summed E-state index contributed by atoms with van der Waals surface area (Å²) in [5.74, 6) is -0.144. The van der Waals surface area contributed by atoms with E-state index in [4.69, 9.17) is 0 Å². The van der Waals surface area contributed by atoms with Crippen molar-refractivity contribution in [2.45, 2.75) is 38.3 Å². The van der Waals surface area contributed by atoms with E-state index in [0.717, 1.165) is 5.56 Å². The maximum atomic E-state index is 12.4. The summed E-state index contributed by atoms with van der Waals surface area (Å²) in [7, 11) is -0.0999. The summed E-state index contributed by atoms with van der Waals surface area (Å²) in [6.07, 6.45) is 0. The van der Waals surface area contributed by atoms with Crippen molar-refractivity contribution in [3.63, 3.8) is 0 Å². The minimum absolute atomic E-state index is 0. The maximum Gasteiger partial charge on any atom is 0.243 e. The second kappa shape index (κ2) is 9.98. The Hall–Kier alpha value is -1.15. The van der Waals surface area contributed by atoms with Crippen LogP contribution in [0.4, 0.5) is 0 Å². The van der Waals surface area contributed by atoms with Gasteiger partial charge in [-0.2, -0.15) is 4.31 Å². The van der Waals surface area contributed by atoms with E-state index in [1.807, 2.05) is 20.8 Å². The highest BCUT2D eigenvalue weighted by Gasteiger charge is 2.22. The number of nitrogens with zero attached hydrogens (tertiary/aromatic N) is 1. The monoisotopic (exact) mass is 377 g/mol. The molecule has 138 valence electrons. The van der Waals surface area contributed by atoms with E-state index in [2.05, 4.69) is 10.6 Å². The fourth-order valence-corrected chi connectivity index (χ4v) is 3.35. The summed E-state index contributed by atoms with van der Waals surface area (Å²) in [4.78, 5) is 12.1. The molecule has 6 nitrogen and oxygen atoms in total. The van der Waals surface area contributed by atoms with Crippen LogP contribution in [0.15, 0.2) is 29.2 Å². The third-order valence-corrected chi connectivity index (χ3v) is 5.80. The van der Waals surface area contributed by atoms with Crippen LogP contribution < -0.4 is 10.6 Å². The van der Waals surface area contributed by atoms with Gasteiger partial charge in [0.15, 0.2) is 0 Å². The molecule has 0 aliphatic heterocycles. The van der Waals surface area contributed by atoms with Gasteiger partial charge in [-0.25, -0.2) is 8.42 Å². The molecule has 0 saturated carbocycles. The molecule has 0 aromatic heterocycles. The van der Waals surface area contributed by atoms with E-state index in [9.17, 15) is 13.2 Å². The third-order valence-electron chi connectivity index (χ3n) is 3.75. The van der Waals surface area contributed by atoms with Gasteiger partial charge in [0.1, 0.15) is 0 Å². The Morgan fingerprint density at radius 2 is 1.71 bits per heavy atom. The van der Waals surface area contributed by atoms with Gasteiger partial charge in [0, 0.05) is 32.1 Å². The largest absolute Gasteiger partial charge is 0.352 e. The molecule has 0 fully saturated rings. The van der Waals surface area contributed by atoms with Crippen molar-refractivity contribution in [1.82, 2.24) is 14.9 Å². The van der Waals surface area contributed by atoms with E-state index in [0.29, 0.717) is 13.1 Å². The lowest BCUT2D eigenvalue weighted by molar-refractivity contribution is -0.124. The molecule has 24 heavy (non-hydrogen) atoms. The fraction of sp³-hybridized carbons (Fsp3) is 0.562. The number of amides is 1. The molecule has 1 aromatic rings. The number of nitrogens with one attached hydrogen (secondary N) is 2. The normalized spacial score (nSPS) is 12.8. The first-order valence-corrected chi connectivity index (χ1v) is 9.13. The Kier molecular flexibility index (Phi) is 9.50. The summed E-state index contributed by atoms with van der Waals surface area (Å²) in [6, 6.07) is 6.50. The quantitative estimate of drug-likeness (QED) is 0.721. The second-order valence-electron chi connectivity index (χ2n) is 5.94. The molecule has 1 aromatic carbocycles. The van der Waals surface area contributed by atoms with Crippen LogP contribution in [0.25, 0.3) is 0 Å². The van der Waals surface area contributed by atoms with Crippen molar-refractivity contribution in [3.05, 3.63) is 29.8 Å². The molecule has 0 saturated heterocycles. The average Bonchev–Trinajstić information content (AvgIpc) is 2.52. The van der Waals surface area contributed by atoms with Gasteiger partial charge >= 0.3 is 0 Å². The van der Waals surface area contributed by atoms with Crippen molar-refractivity contribution in [3.8, 4) is 0 Å². The SMILES string of the molecule is CNCC(C)C(=O)NCc1ccc(S(=O)(=O)N(C)C(C)C)cc1.Cl. The summed E-state index contributed by atoms with van der Waals surface area (Å²) < 4.78 is 26.1. The lowest BCUT2D eigenvalue weighted by Gasteiger charge is -2.21. The van der Waals surface area contributed by atoms with Crippen LogP contribution in [0.5, 0.6) is 0 Å². The van der Waals surface area contributed by atoms with Gasteiger partial charge in [0.05, 0.1) is 4.90 Å². The maximum absolute atomic E-state index is 12.4. The fourth-order valence-electron chi connectivity index (χ4n) is 1.99. The number of hydrogen-bond acceptors (Lipinski definition) is 4. The number of carbonyl (C=O) groups is 1. The van der Waals surface area contributed by atoms with Gasteiger partial charge in [-0.05, 0) is 38.6 Å². The first-order chi connectivity index (χ1) is 10.7. The van der Waals surface area contributed by atoms with Gasteiger partial charge in [-0.1, -0.05) is 19.1 Å². The van der Waals surface area contributed by atoms with Gasteiger partial charge in [0.25, 0.3) is 0 Å². The zero-order valence-corrected chi connectivity index (χ0v) is 16.5. The number of benzene rings is 1. The molecule has 0 spiro atoms. The minimum Gasteiger partial charge on any atom is -0.352 e. The predicted octanol–water partition coefficient (Wildman–Crippen LogP) is 1.61. The topological polar surface area (TPSA) is 78.5 Å². The molecule has 1 unspecified atom stereocenters. The predicted molar refractivity (Wildman–Crippen MR) is 98.7 cm³/mol. The van der Waals surface area contributed by atoms with Crippen molar-refractivity contribution in [1.29, 1.82) is 0 Å². The molecular weight excluding hydrogens is 350 g/mol. The molecule has 1 atom stereocenters. The van der Waals surface area contributed by atoms with E-state index >= 15 is 0 Å². The summed E-state index contributed by atoms with van der Waals surface area (Å²) in [6.45, 7) is 6.50. The molecule has 0 bridgehead atoms. The van der Waals surface area contributed by atoms with Gasteiger partial charge in [-0.3, -0.25) is 4.79 Å². The lowest BCUT2D eigenvalue weighted by Crippen LogP contribution is -2.34.